The van der Waals surface area contributed by atoms with E-state index in [1.54, 1.807) is 35.0 Å². The lowest BCUT2D eigenvalue weighted by Gasteiger charge is -2.09. The third-order valence-electron chi connectivity index (χ3n) is 3.02. The molecule has 2 aromatic rings. The lowest BCUT2D eigenvalue weighted by molar-refractivity contribution is 0.0949. The molecule has 20 heavy (non-hydrogen) atoms. The average Bonchev–Trinajstić information content (AvgIpc) is 2.76. The van der Waals surface area contributed by atoms with Gasteiger partial charge in [0.15, 0.2) is 0 Å². The number of H-pyrrole nitrogens is 1. The predicted octanol–water partition coefficient (Wildman–Crippen LogP) is 1.86. The van der Waals surface area contributed by atoms with Crippen molar-refractivity contribution in [1.82, 2.24) is 14.9 Å². The summed E-state index contributed by atoms with van der Waals surface area (Å²) < 4.78 is 1.57. The molecule has 0 spiro atoms. The number of hydrogen-bond acceptors (Lipinski definition) is 2. The molecule has 106 valence electrons. The monoisotopic (exact) mass is 273 g/mol. The first kappa shape index (κ1) is 14.1. The van der Waals surface area contributed by atoms with E-state index in [4.69, 9.17) is 0 Å². The fourth-order valence-corrected chi connectivity index (χ4v) is 1.94. The highest BCUT2D eigenvalue weighted by molar-refractivity contribution is 5.94. The zero-order valence-electron chi connectivity index (χ0n) is 11.9. The molecule has 0 aliphatic carbocycles. The van der Waals surface area contributed by atoms with Crippen LogP contribution < -0.4 is 11.0 Å². The summed E-state index contributed by atoms with van der Waals surface area (Å²) in [5, 5.41) is 2.86. The van der Waals surface area contributed by atoms with Crippen molar-refractivity contribution < 1.29 is 4.79 Å². The number of rotatable bonds is 4. The normalized spacial score (nSPS) is 10.8. The molecule has 0 atom stereocenters. The van der Waals surface area contributed by atoms with E-state index in [2.05, 4.69) is 10.3 Å². The smallest absolute Gasteiger partial charge is 0.330 e. The van der Waals surface area contributed by atoms with Gasteiger partial charge in [-0.15, -0.1) is 0 Å². The van der Waals surface area contributed by atoms with Crippen LogP contribution in [0, 0.1) is 12.8 Å². The number of carbonyl (C=O) groups excluding carboxylic acids is 1. The lowest BCUT2D eigenvalue weighted by Crippen LogP contribution is -2.27. The number of nitrogens with zero attached hydrogens (tertiary/aromatic N) is 1. The van der Waals surface area contributed by atoms with Crippen molar-refractivity contribution in [2.24, 2.45) is 5.92 Å². The number of aryl methyl sites for hydroxylation is 1. The first-order valence-corrected chi connectivity index (χ1v) is 6.64. The summed E-state index contributed by atoms with van der Waals surface area (Å²) in [5.41, 5.74) is 1.98. The van der Waals surface area contributed by atoms with E-state index in [0.29, 0.717) is 18.0 Å². The molecular formula is C15H19N3O2. The summed E-state index contributed by atoms with van der Waals surface area (Å²) in [7, 11) is 0. The van der Waals surface area contributed by atoms with Gasteiger partial charge in [-0.2, -0.15) is 0 Å². The maximum atomic E-state index is 11.9. The summed E-state index contributed by atoms with van der Waals surface area (Å²) >= 11 is 0. The fourth-order valence-electron chi connectivity index (χ4n) is 1.94. The Hall–Kier alpha value is -2.30. The van der Waals surface area contributed by atoms with Gasteiger partial charge in [-0.25, -0.2) is 4.79 Å². The summed E-state index contributed by atoms with van der Waals surface area (Å²) in [6, 6.07) is 6.99. The van der Waals surface area contributed by atoms with E-state index in [0.717, 1.165) is 11.4 Å². The summed E-state index contributed by atoms with van der Waals surface area (Å²) in [4.78, 5) is 26.2. The Bertz CT molecular complexity index is 651. The van der Waals surface area contributed by atoms with Crippen molar-refractivity contribution >= 4 is 5.91 Å². The second-order valence-electron chi connectivity index (χ2n) is 5.22. The molecule has 0 radical (unpaired) electrons. The molecule has 0 bridgehead atoms. The van der Waals surface area contributed by atoms with Crippen LogP contribution in [0.3, 0.4) is 0 Å². The lowest BCUT2D eigenvalue weighted by atomic mass is 10.1. The maximum absolute atomic E-state index is 11.9. The van der Waals surface area contributed by atoms with Crippen LogP contribution in [0.15, 0.2) is 35.3 Å². The predicted molar refractivity (Wildman–Crippen MR) is 78.3 cm³/mol. The number of nitrogens with one attached hydrogen (secondary N) is 2. The van der Waals surface area contributed by atoms with Gasteiger partial charge in [0.25, 0.3) is 5.91 Å². The van der Waals surface area contributed by atoms with Crippen LogP contribution in [0.1, 0.15) is 29.9 Å². The number of aromatic nitrogens is 2. The van der Waals surface area contributed by atoms with Gasteiger partial charge >= 0.3 is 5.69 Å². The number of imidazole rings is 1. The van der Waals surface area contributed by atoms with E-state index in [-0.39, 0.29) is 11.6 Å². The van der Waals surface area contributed by atoms with Gasteiger partial charge < -0.3 is 10.3 Å². The molecule has 5 nitrogen and oxygen atoms in total. The van der Waals surface area contributed by atoms with Crippen molar-refractivity contribution in [2.45, 2.75) is 20.8 Å². The Balaban J connectivity index is 2.19. The number of carbonyl (C=O) groups is 1. The van der Waals surface area contributed by atoms with Crippen molar-refractivity contribution in [1.29, 1.82) is 0 Å². The Labute approximate surface area is 117 Å². The highest BCUT2D eigenvalue weighted by atomic mass is 16.2. The molecular weight excluding hydrogens is 254 g/mol. The molecule has 2 N–H and O–H groups in total. The molecule has 1 aromatic heterocycles. The Kier molecular flexibility index (Phi) is 4.08. The van der Waals surface area contributed by atoms with Gasteiger partial charge in [-0.1, -0.05) is 13.8 Å². The van der Waals surface area contributed by atoms with Crippen LogP contribution in [0.25, 0.3) is 5.69 Å². The first-order chi connectivity index (χ1) is 9.49. The van der Waals surface area contributed by atoms with Gasteiger partial charge in [0.05, 0.1) is 5.69 Å². The standard InChI is InChI=1S/C15H19N3O2/c1-10(2)8-16-14(19)12-4-6-13(7-5-12)18-11(3)9-17-15(18)20/h4-7,9-10H,8H2,1-3H3,(H,16,19)(H,17,20). The highest BCUT2D eigenvalue weighted by Crippen LogP contribution is 2.10. The van der Waals surface area contributed by atoms with Crippen molar-refractivity contribution in [3.8, 4) is 5.69 Å². The molecule has 0 saturated carbocycles. The second kappa shape index (κ2) is 5.77. The van der Waals surface area contributed by atoms with Crippen LogP contribution in [-0.4, -0.2) is 22.0 Å². The molecule has 0 aliphatic rings. The van der Waals surface area contributed by atoms with Crippen LogP contribution >= 0.6 is 0 Å². The van der Waals surface area contributed by atoms with Gasteiger partial charge in [0, 0.05) is 24.0 Å². The molecule has 0 saturated heterocycles. The molecule has 5 heteroatoms. The van der Waals surface area contributed by atoms with Crippen molar-refractivity contribution in [3.63, 3.8) is 0 Å². The SMILES string of the molecule is Cc1c[nH]c(=O)n1-c1ccc(C(=O)NCC(C)C)cc1. The van der Waals surface area contributed by atoms with Gasteiger partial charge in [-0.3, -0.25) is 9.36 Å². The molecule has 0 aliphatic heterocycles. The molecule has 0 fully saturated rings. The first-order valence-electron chi connectivity index (χ1n) is 6.64. The van der Waals surface area contributed by atoms with E-state index in [9.17, 15) is 9.59 Å². The minimum atomic E-state index is -0.181. The summed E-state index contributed by atoms with van der Waals surface area (Å²) in [5.74, 6) is 0.322. The van der Waals surface area contributed by atoms with E-state index >= 15 is 0 Å². The van der Waals surface area contributed by atoms with Crippen molar-refractivity contribution in [3.05, 3.63) is 52.2 Å². The molecule has 2 rings (SSSR count). The number of amides is 1. The quantitative estimate of drug-likeness (QED) is 0.893. The average molecular weight is 273 g/mol. The number of aromatic amines is 1. The summed E-state index contributed by atoms with van der Waals surface area (Å²) in [6.07, 6.45) is 1.66. The third-order valence-corrected chi connectivity index (χ3v) is 3.02. The maximum Gasteiger partial charge on any atom is 0.330 e. The zero-order valence-corrected chi connectivity index (χ0v) is 11.9. The number of benzene rings is 1. The topological polar surface area (TPSA) is 66.9 Å². The third kappa shape index (κ3) is 2.99. The Morgan fingerprint density at radius 3 is 2.45 bits per heavy atom. The van der Waals surface area contributed by atoms with Gasteiger partial charge in [0.1, 0.15) is 0 Å². The Morgan fingerprint density at radius 2 is 1.95 bits per heavy atom. The van der Waals surface area contributed by atoms with Gasteiger partial charge in [-0.05, 0) is 37.1 Å². The van der Waals surface area contributed by atoms with Crippen LogP contribution in [0.4, 0.5) is 0 Å². The van der Waals surface area contributed by atoms with Crippen LogP contribution in [-0.2, 0) is 0 Å². The molecule has 1 aromatic carbocycles. The Morgan fingerprint density at radius 1 is 1.30 bits per heavy atom. The molecule has 0 unspecified atom stereocenters. The highest BCUT2D eigenvalue weighted by Gasteiger charge is 2.08. The minimum absolute atomic E-state index is 0.0941. The van der Waals surface area contributed by atoms with E-state index in [1.165, 1.54) is 0 Å². The molecule has 1 amide bonds. The largest absolute Gasteiger partial charge is 0.352 e. The number of hydrogen-bond donors (Lipinski definition) is 2. The molecule has 1 heterocycles. The van der Waals surface area contributed by atoms with Gasteiger partial charge in [0.2, 0.25) is 0 Å². The van der Waals surface area contributed by atoms with Crippen LogP contribution in [0.2, 0.25) is 0 Å². The fraction of sp³-hybridized carbons (Fsp3) is 0.333. The summed E-state index contributed by atoms with van der Waals surface area (Å²) in [6.45, 7) is 6.59. The minimum Gasteiger partial charge on any atom is -0.352 e. The van der Waals surface area contributed by atoms with E-state index in [1.807, 2.05) is 20.8 Å². The van der Waals surface area contributed by atoms with E-state index < -0.39 is 0 Å². The second-order valence-corrected chi connectivity index (χ2v) is 5.22. The van der Waals surface area contributed by atoms with Crippen LogP contribution in [0.5, 0.6) is 0 Å². The van der Waals surface area contributed by atoms with Crippen molar-refractivity contribution in [2.75, 3.05) is 6.54 Å². The zero-order chi connectivity index (χ0) is 14.7.